The number of nitrogens with one attached hydrogen (secondary N) is 1. The van der Waals surface area contributed by atoms with Gasteiger partial charge in [0.1, 0.15) is 11.9 Å². The van der Waals surface area contributed by atoms with E-state index in [1.807, 2.05) is 23.2 Å². The number of nitrogens with zero attached hydrogens (tertiary/aromatic N) is 2. The number of anilines is 1. The van der Waals surface area contributed by atoms with Crippen molar-refractivity contribution in [2.45, 2.75) is 130 Å². The van der Waals surface area contributed by atoms with Crippen molar-refractivity contribution in [2.75, 3.05) is 11.5 Å². The number of halogens is 1. The second-order valence-electron chi connectivity index (χ2n) is 14.0. The molecule has 0 aliphatic rings. The summed E-state index contributed by atoms with van der Waals surface area (Å²) in [4.78, 5) is 18.1. The Labute approximate surface area is 294 Å². The fourth-order valence-electron chi connectivity index (χ4n) is 6.25. The predicted octanol–water partition coefficient (Wildman–Crippen LogP) is 7.28. The number of benzene rings is 2. The van der Waals surface area contributed by atoms with E-state index in [0.717, 1.165) is 47.8 Å². The molecule has 47 heavy (non-hydrogen) atoms. The predicted molar refractivity (Wildman–Crippen MR) is 192 cm³/mol. The summed E-state index contributed by atoms with van der Waals surface area (Å²) in [6, 6.07) is 21.0. The fraction of sp³-hybridized carbons (Fsp3) is 0.512. The van der Waals surface area contributed by atoms with Crippen molar-refractivity contribution in [3.63, 3.8) is 0 Å². The highest BCUT2D eigenvalue weighted by atomic mass is 79.9. The molecule has 0 saturated carbocycles. The van der Waals surface area contributed by atoms with Crippen LogP contribution in [-0.4, -0.2) is 17.5 Å². The van der Waals surface area contributed by atoms with Crippen molar-refractivity contribution in [1.29, 1.82) is 0 Å². The van der Waals surface area contributed by atoms with Gasteiger partial charge < -0.3 is 26.6 Å². The van der Waals surface area contributed by atoms with Crippen molar-refractivity contribution < 1.29 is 30.9 Å². The zero-order valence-electron chi connectivity index (χ0n) is 29.6. The van der Waals surface area contributed by atoms with Crippen LogP contribution in [0.15, 0.2) is 73.1 Å². The van der Waals surface area contributed by atoms with Gasteiger partial charge >= 0.3 is 0 Å². The number of pyridine rings is 1. The first-order valence-electron chi connectivity index (χ1n) is 17.9. The molecule has 0 aliphatic carbocycles. The lowest BCUT2D eigenvalue weighted by molar-refractivity contribution is -0.520. The average Bonchev–Trinajstić information content (AvgIpc) is 3.45. The highest BCUT2D eigenvalue weighted by Crippen LogP contribution is 2.33. The van der Waals surface area contributed by atoms with Crippen LogP contribution >= 0.6 is 0 Å². The van der Waals surface area contributed by atoms with Gasteiger partial charge in [-0.25, -0.2) is 4.98 Å². The van der Waals surface area contributed by atoms with E-state index in [4.69, 9.17) is 4.74 Å². The molecule has 256 valence electrons. The van der Waals surface area contributed by atoms with Crippen molar-refractivity contribution in [2.24, 2.45) is 0 Å². The van der Waals surface area contributed by atoms with Gasteiger partial charge in [-0.2, -0.15) is 4.40 Å². The van der Waals surface area contributed by atoms with E-state index in [1.54, 1.807) is 6.92 Å². The van der Waals surface area contributed by atoms with Crippen LogP contribution in [0.2, 0.25) is 0 Å². The molecule has 2 aromatic carbocycles. The first-order valence-corrected chi connectivity index (χ1v) is 17.9. The van der Waals surface area contributed by atoms with Gasteiger partial charge in [-0.1, -0.05) is 123 Å². The van der Waals surface area contributed by atoms with E-state index >= 15 is 0 Å². The number of aromatic nitrogens is 2. The number of imidazole rings is 1. The minimum atomic E-state index is -0.0649. The molecule has 0 saturated heterocycles. The summed E-state index contributed by atoms with van der Waals surface area (Å²) in [5.41, 5.74) is 5.48. The number of hydrogen-bond donors (Lipinski definition) is 1. The Hall–Kier alpha value is -3.12. The second kappa shape index (κ2) is 19.6. The van der Waals surface area contributed by atoms with Crippen LogP contribution in [0, 0.1) is 0 Å². The van der Waals surface area contributed by atoms with Gasteiger partial charge in [0.05, 0.1) is 25.8 Å². The summed E-state index contributed by atoms with van der Waals surface area (Å²) in [6.07, 6.45) is 21.0. The van der Waals surface area contributed by atoms with Gasteiger partial charge in [-0.05, 0) is 64.9 Å². The molecule has 6 heteroatoms. The molecule has 2 aromatic heterocycles. The summed E-state index contributed by atoms with van der Waals surface area (Å²) in [6.45, 7) is 11.9. The maximum absolute atomic E-state index is 12.8. The van der Waals surface area contributed by atoms with E-state index in [9.17, 15) is 4.79 Å². The van der Waals surface area contributed by atoms with Crippen LogP contribution in [0.25, 0.3) is 5.52 Å². The largest absolute Gasteiger partial charge is 1.00 e. The maximum Gasteiger partial charge on any atom is 0.263 e. The quantitative estimate of drug-likeness (QED) is 0.0825. The molecule has 0 spiro atoms. The number of carbonyl (C=O) groups is 1. The maximum atomic E-state index is 12.8. The van der Waals surface area contributed by atoms with Gasteiger partial charge in [-0.3, -0.25) is 4.79 Å². The van der Waals surface area contributed by atoms with Gasteiger partial charge in [0.25, 0.3) is 5.82 Å². The smallest absolute Gasteiger partial charge is 0.263 e. The molecular formula is C41H58BrN3O2. The molecular weight excluding hydrogens is 646 g/mol. The topological polar surface area (TPSA) is 49.4 Å². The Balaban J connectivity index is 0.00000600. The van der Waals surface area contributed by atoms with Gasteiger partial charge in [0, 0.05) is 12.6 Å². The lowest BCUT2D eigenvalue weighted by Crippen LogP contribution is -3.00. The van der Waals surface area contributed by atoms with Crippen LogP contribution in [0.1, 0.15) is 134 Å². The van der Waals surface area contributed by atoms with Crippen LogP contribution < -0.4 is 31.0 Å². The lowest BCUT2D eigenvalue weighted by atomic mass is 9.85. The molecule has 0 aliphatic heterocycles. The van der Waals surface area contributed by atoms with E-state index in [1.165, 1.54) is 81.8 Å². The van der Waals surface area contributed by atoms with Crippen LogP contribution in [-0.2, 0) is 23.2 Å². The summed E-state index contributed by atoms with van der Waals surface area (Å²) < 4.78 is 8.52. The molecule has 0 atom stereocenters. The van der Waals surface area contributed by atoms with Gasteiger partial charge in [0.15, 0.2) is 5.52 Å². The Kier molecular flexibility index (Phi) is 16.0. The number of aromatic amines is 1. The first-order chi connectivity index (χ1) is 22.3. The lowest BCUT2D eigenvalue weighted by Gasteiger charge is -2.26. The van der Waals surface area contributed by atoms with Gasteiger partial charge in [0.2, 0.25) is 5.91 Å². The van der Waals surface area contributed by atoms with Crippen molar-refractivity contribution in [3.05, 3.63) is 95.6 Å². The molecule has 0 fully saturated rings. The second-order valence-corrected chi connectivity index (χ2v) is 14.0. The zero-order chi connectivity index (χ0) is 32.8. The molecule has 1 amide bonds. The third-order valence-electron chi connectivity index (χ3n) is 9.02. The standard InChI is InChI=1S/C41H57N3O2.BrH/c1-6-7-8-9-10-11-12-13-14-15-16-19-28-46-39-26-23-35(29-38(39)41(3,4)5)32-44(33(2)45)36-24-21-34(22-25-36)30-40-42-31-37-20-17-18-27-43(37)40;/h17-18,20-27,29,31H,6-16,19,28,30,32H2,1-5H3;1H. The number of ether oxygens (including phenoxy) is 1. The normalized spacial score (nSPS) is 11.4. The molecule has 0 unspecified atom stereocenters. The van der Waals surface area contributed by atoms with Crippen molar-refractivity contribution in [3.8, 4) is 5.75 Å². The molecule has 2 heterocycles. The number of hydrogen-bond acceptors (Lipinski definition) is 2. The Morgan fingerprint density at radius 2 is 1.43 bits per heavy atom. The summed E-state index contributed by atoms with van der Waals surface area (Å²) in [5, 5.41) is 0. The number of carbonyl (C=O) groups excluding carboxylic acids is 1. The minimum absolute atomic E-state index is 0. The number of unbranched alkanes of at least 4 members (excludes halogenated alkanes) is 11. The third kappa shape index (κ3) is 12.1. The molecule has 4 aromatic rings. The van der Waals surface area contributed by atoms with Crippen molar-refractivity contribution >= 4 is 17.1 Å². The molecule has 0 radical (unpaired) electrons. The molecule has 1 N–H and O–H groups in total. The zero-order valence-corrected chi connectivity index (χ0v) is 31.2. The Bertz CT molecular complexity index is 1490. The summed E-state index contributed by atoms with van der Waals surface area (Å²) >= 11 is 0. The average molecular weight is 705 g/mol. The van der Waals surface area contributed by atoms with E-state index in [2.05, 4.69) is 91.8 Å². The molecule has 0 bridgehead atoms. The fourth-order valence-corrected chi connectivity index (χ4v) is 6.25. The highest BCUT2D eigenvalue weighted by Gasteiger charge is 2.21. The first kappa shape index (κ1) is 38.3. The van der Waals surface area contributed by atoms with Crippen molar-refractivity contribution in [1.82, 2.24) is 4.98 Å². The highest BCUT2D eigenvalue weighted by molar-refractivity contribution is 5.91. The minimum Gasteiger partial charge on any atom is -1.00 e. The van der Waals surface area contributed by atoms with Crippen LogP contribution in [0.4, 0.5) is 5.69 Å². The number of amides is 1. The number of H-pyrrole nitrogens is 1. The Morgan fingerprint density at radius 3 is 2.04 bits per heavy atom. The molecule has 4 rings (SSSR count). The third-order valence-corrected chi connectivity index (χ3v) is 9.02. The van der Waals surface area contributed by atoms with Crippen LogP contribution in [0.5, 0.6) is 5.75 Å². The molecule has 5 nitrogen and oxygen atoms in total. The Morgan fingerprint density at radius 1 is 0.809 bits per heavy atom. The van der Waals surface area contributed by atoms with Gasteiger partial charge in [-0.15, -0.1) is 0 Å². The monoisotopic (exact) mass is 703 g/mol. The van der Waals surface area contributed by atoms with E-state index in [0.29, 0.717) is 6.54 Å². The number of rotatable bonds is 19. The summed E-state index contributed by atoms with van der Waals surface area (Å²) in [7, 11) is 0. The van der Waals surface area contributed by atoms with Crippen LogP contribution in [0.3, 0.4) is 0 Å². The number of fused-ring (bicyclic) bond motifs is 1. The van der Waals surface area contributed by atoms with E-state index in [-0.39, 0.29) is 28.3 Å². The summed E-state index contributed by atoms with van der Waals surface area (Å²) in [5.74, 6) is 2.12. The van der Waals surface area contributed by atoms with E-state index < -0.39 is 0 Å². The SMILES string of the molecule is CCCCCCCCCCCCCCOc1ccc(CN(C(C)=O)c2ccc(Cc3[nH]cc4cccc[n+]34)cc2)cc1C(C)(C)C.[Br-].